The lowest BCUT2D eigenvalue weighted by atomic mass is 10.1. The molecule has 0 atom stereocenters. The lowest BCUT2D eigenvalue weighted by Gasteiger charge is -2.17. The van der Waals surface area contributed by atoms with Gasteiger partial charge in [0.1, 0.15) is 18.1 Å². The van der Waals surface area contributed by atoms with Crippen LogP contribution in [0.1, 0.15) is 11.3 Å². The van der Waals surface area contributed by atoms with Gasteiger partial charge in [0.15, 0.2) is 0 Å². The van der Waals surface area contributed by atoms with Gasteiger partial charge in [-0.3, -0.25) is 0 Å². The second-order valence-electron chi connectivity index (χ2n) is 5.95. The van der Waals surface area contributed by atoms with Crippen molar-refractivity contribution in [2.45, 2.75) is 13.2 Å². The van der Waals surface area contributed by atoms with Gasteiger partial charge in [-0.2, -0.15) is 0 Å². The number of benzene rings is 2. The van der Waals surface area contributed by atoms with Gasteiger partial charge in [-0.05, 0) is 29.8 Å². The summed E-state index contributed by atoms with van der Waals surface area (Å²) >= 11 is 0. The summed E-state index contributed by atoms with van der Waals surface area (Å²) in [6.07, 6.45) is -0.424. The first-order valence-electron chi connectivity index (χ1n) is 8.14. The topological polar surface area (TPSA) is 80.5 Å². The monoisotopic (exact) mass is 352 g/mol. The molecular formula is C19H20N4O3. The van der Waals surface area contributed by atoms with Crippen LogP contribution < -0.4 is 0 Å². The third-order valence-corrected chi connectivity index (χ3v) is 3.99. The Hall–Kier alpha value is -3.35. The standard InChI is InChI=1S/C19H20N4O3/c1-22(19(25)26-13-14-6-4-3-5-7-14)12-17-18(20-21-23(17)2)15-8-10-16(24)11-9-15/h3-11,24H,12-13H2,1-2H3. The molecule has 0 spiro atoms. The highest BCUT2D eigenvalue weighted by Gasteiger charge is 2.18. The summed E-state index contributed by atoms with van der Waals surface area (Å²) in [7, 11) is 3.44. The minimum atomic E-state index is -0.424. The molecule has 26 heavy (non-hydrogen) atoms. The molecule has 0 radical (unpaired) electrons. The van der Waals surface area contributed by atoms with E-state index in [0.29, 0.717) is 12.2 Å². The molecule has 1 amide bonds. The Labute approximate surface area is 151 Å². The van der Waals surface area contributed by atoms with Gasteiger partial charge in [0.25, 0.3) is 0 Å². The molecule has 1 N–H and O–H groups in total. The van der Waals surface area contributed by atoms with Crippen molar-refractivity contribution in [2.24, 2.45) is 7.05 Å². The van der Waals surface area contributed by atoms with E-state index in [4.69, 9.17) is 4.74 Å². The molecule has 0 saturated carbocycles. The smallest absolute Gasteiger partial charge is 0.410 e. The lowest BCUT2D eigenvalue weighted by Crippen LogP contribution is -2.28. The summed E-state index contributed by atoms with van der Waals surface area (Å²) < 4.78 is 6.97. The fraction of sp³-hybridized carbons (Fsp3) is 0.211. The lowest BCUT2D eigenvalue weighted by molar-refractivity contribution is 0.102. The molecule has 7 nitrogen and oxygen atoms in total. The fourth-order valence-corrected chi connectivity index (χ4v) is 2.52. The van der Waals surface area contributed by atoms with Gasteiger partial charge in [0, 0.05) is 19.7 Å². The van der Waals surface area contributed by atoms with Crippen LogP contribution in [0.3, 0.4) is 0 Å². The van der Waals surface area contributed by atoms with Crippen molar-refractivity contribution in [2.75, 3.05) is 7.05 Å². The molecule has 134 valence electrons. The predicted molar refractivity (Wildman–Crippen MR) is 96.2 cm³/mol. The third kappa shape index (κ3) is 4.00. The van der Waals surface area contributed by atoms with Crippen molar-refractivity contribution in [1.29, 1.82) is 0 Å². The van der Waals surface area contributed by atoms with Crippen molar-refractivity contribution >= 4 is 6.09 Å². The van der Waals surface area contributed by atoms with E-state index >= 15 is 0 Å². The Morgan fingerprint density at radius 2 is 1.85 bits per heavy atom. The van der Waals surface area contributed by atoms with E-state index in [9.17, 15) is 9.90 Å². The number of phenols is 1. The van der Waals surface area contributed by atoms with E-state index in [1.165, 1.54) is 4.90 Å². The molecule has 0 aliphatic carbocycles. The van der Waals surface area contributed by atoms with Crippen molar-refractivity contribution in [3.8, 4) is 17.0 Å². The minimum Gasteiger partial charge on any atom is -0.508 e. The first-order valence-corrected chi connectivity index (χ1v) is 8.14. The summed E-state index contributed by atoms with van der Waals surface area (Å²) in [6.45, 7) is 0.520. The number of hydrogen-bond acceptors (Lipinski definition) is 5. The van der Waals surface area contributed by atoms with Crippen LogP contribution in [0.25, 0.3) is 11.3 Å². The molecule has 0 unspecified atom stereocenters. The molecule has 7 heteroatoms. The first-order chi connectivity index (χ1) is 12.5. The summed E-state index contributed by atoms with van der Waals surface area (Å²) in [5.74, 6) is 0.181. The van der Waals surface area contributed by atoms with E-state index in [1.807, 2.05) is 30.3 Å². The summed E-state index contributed by atoms with van der Waals surface area (Å²) in [5.41, 5.74) is 3.18. The SMILES string of the molecule is CN(Cc1c(-c2ccc(O)cc2)nnn1C)C(=O)OCc1ccccc1. The van der Waals surface area contributed by atoms with E-state index in [-0.39, 0.29) is 12.4 Å². The number of amides is 1. The van der Waals surface area contributed by atoms with Crippen LogP contribution in [0, 0.1) is 0 Å². The number of phenolic OH excluding ortho intramolecular Hbond substituents is 1. The van der Waals surface area contributed by atoms with Gasteiger partial charge in [-0.1, -0.05) is 35.5 Å². The molecule has 0 fully saturated rings. The summed E-state index contributed by atoms with van der Waals surface area (Å²) in [4.78, 5) is 13.7. The second-order valence-corrected chi connectivity index (χ2v) is 5.95. The highest BCUT2D eigenvalue weighted by Crippen LogP contribution is 2.24. The zero-order valence-electron chi connectivity index (χ0n) is 14.7. The maximum absolute atomic E-state index is 12.3. The van der Waals surface area contributed by atoms with Crippen LogP contribution in [-0.4, -0.2) is 38.1 Å². The van der Waals surface area contributed by atoms with Crippen LogP contribution in [0.5, 0.6) is 5.75 Å². The van der Waals surface area contributed by atoms with Gasteiger partial charge in [0.05, 0.1) is 12.2 Å². The number of hydrogen-bond donors (Lipinski definition) is 1. The van der Waals surface area contributed by atoms with Gasteiger partial charge in [-0.15, -0.1) is 5.10 Å². The van der Waals surface area contributed by atoms with Crippen LogP contribution in [-0.2, 0) is 24.9 Å². The zero-order chi connectivity index (χ0) is 18.5. The van der Waals surface area contributed by atoms with Gasteiger partial charge >= 0.3 is 6.09 Å². The average Bonchev–Trinajstić information content (AvgIpc) is 3.01. The average molecular weight is 352 g/mol. The predicted octanol–water partition coefficient (Wildman–Crippen LogP) is 2.96. The molecule has 0 aliphatic heterocycles. The van der Waals surface area contributed by atoms with Gasteiger partial charge in [0.2, 0.25) is 0 Å². The highest BCUT2D eigenvalue weighted by molar-refractivity contribution is 5.68. The molecule has 3 rings (SSSR count). The van der Waals surface area contributed by atoms with Crippen LogP contribution in [0.15, 0.2) is 54.6 Å². The second kappa shape index (κ2) is 7.69. The van der Waals surface area contributed by atoms with Crippen LogP contribution in [0.2, 0.25) is 0 Å². The number of carbonyl (C=O) groups is 1. The van der Waals surface area contributed by atoms with Gasteiger partial charge < -0.3 is 14.7 Å². The molecule has 3 aromatic rings. The minimum absolute atomic E-state index is 0.181. The maximum Gasteiger partial charge on any atom is 0.410 e. The van der Waals surface area contributed by atoms with Crippen molar-refractivity contribution in [1.82, 2.24) is 19.9 Å². The van der Waals surface area contributed by atoms with Crippen molar-refractivity contribution in [3.63, 3.8) is 0 Å². The summed E-state index contributed by atoms with van der Waals surface area (Å²) in [6, 6.07) is 16.2. The fourth-order valence-electron chi connectivity index (χ4n) is 2.52. The van der Waals surface area contributed by atoms with E-state index < -0.39 is 6.09 Å². The Morgan fingerprint density at radius 1 is 1.15 bits per heavy atom. The number of ether oxygens (including phenoxy) is 1. The highest BCUT2D eigenvalue weighted by atomic mass is 16.6. The molecule has 1 aromatic heterocycles. The first kappa shape index (κ1) is 17.5. The van der Waals surface area contributed by atoms with E-state index in [2.05, 4.69) is 10.3 Å². The molecule has 0 saturated heterocycles. The van der Waals surface area contributed by atoms with Gasteiger partial charge in [-0.25, -0.2) is 9.48 Å². The van der Waals surface area contributed by atoms with Crippen LogP contribution >= 0.6 is 0 Å². The number of aromatic nitrogens is 3. The van der Waals surface area contributed by atoms with E-state index in [0.717, 1.165) is 16.8 Å². The Kier molecular flexibility index (Phi) is 5.17. The number of rotatable bonds is 5. The molecular weight excluding hydrogens is 332 g/mol. The molecule has 0 bridgehead atoms. The van der Waals surface area contributed by atoms with Crippen molar-refractivity contribution < 1.29 is 14.6 Å². The largest absolute Gasteiger partial charge is 0.508 e. The maximum atomic E-state index is 12.3. The van der Waals surface area contributed by atoms with Crippen molar-refractivity contribution in [3.05, 3.63) is 65.9 Å². The number of aromatic hydroxyl groups is 1. The third-order valence-electron chi connectivity index (χ3n) is 3.99. The Balaban J connectivity index is 1.69. The molecule has 0 aliphatic rings. The number of carbonyl (C=O) groups excluding carboxylic acids is 1. The summed E-state index contributed by atoms with van der Waals surface area (Å²) in [5, 5.41) is 17.7. The van der Waals surface area contributed by atoms with Crippen LogP contribution in [0.4, 0.5) is 4.79 Å². The number of aryl methyl sites for hydroxylation is 1. The Morgan fingerprint density at radius 3 is 2.54 bits per heavy atom. The molecule has 2 aromatic carbocycles. The quantitative estimate of drug-likeness (QED) is 0.763. The number of nitrogens with zero attached hydrogens (tertiary/aromatic N) is 4. The zero-order valence-corrected chi connectivity index (χ0v) is 14.7. The molecule has 1 heterocycles. The normalized spacial score (nSPS) is 10.5. The Bertz CT molecular complexity index is 876. The van der Waals surface area contributed by atoms with E-state index in [1.54, 1.807) is 43.0 Å².